The number of nitriles is 1. The van der Waals surface area contributed by atoms with Crippen LogP contribution in [0.1, 0.15) is 25.5 Å². The van der Waals surface area contributed by atoms with E-state index < -0.39 is 0 Å². The number of rotatable bonds is 7. The molecule has 0 aliphatic carbocycles. The highest BCUT2D eigenvalue weighted by atomic mass is 16.5. The third-order valence-electron chi connectivity index (χ3n) is 2.79. The van der Waals surface area contributed by atoms with Crippen molar-refractivity contribution in [2.75, 3.05) is 26.3 Å². The molecule has 0 amide bonds. The number of aliphatic hydroxyl groups is 1. The third kappa shape index (κ3) is 3.73. The third-order valence-corrected chi connectivity index (χ3v) is 2.79. The van der Waals surface area contributed by atoms with Gasteiger partial charge in [-0.25, -0.2) is 0 Å². The Bertz CT molecular complexity index is 384. The molecular weight excluding hydrogens is 228 g/mol. The van der Waals surface area contributed by atoms with Crippen LogP contribution in [0.25, 0.3) is 0 Å². The highest BCUT2D eigenvalue weighted by molar-refractivity contribution is 5.31. The maximum Gasteiger partial charge on any atom is 0.123 e. The molecule has 1 N–H and O–H groups in total. The van der Waals surface area contributed by atoms with Gasteiger partial charge < -0.3 is 9.84 Å². The number of hydrogen-bond acceptors (Lipinski definition) is 4. The monoisotopic (exact) mass is 248 g/mol. The highest BCUT2D eigenvalue weighted by Gasteiger charge is 2.17. The molecular formula is C14H20N2O2. The average Bonchev–Trinajstić information content (AvgIpc) is 2.40. The molecule has 4 heteroatoms. The van der Waals surface area contributed by atoms with Gasteiger partial charge in [0, 0.05) is 6.54 Å². The van der Waals surface area contributed by atoms with Crippen LogP contribution in [-0.4, -0.2) is 36.3 Å². The van der Waals surface area contributed by atoms with Gasteiger partial charge in [0.15, 0.2) is 0 Å². The van der Waals surface area contributed by atoms with E-state index in [0.717, 1.165) is 17.9 Å². The molecule has 0 radical (unpaired) electrons. The minimum absolute atomic E-state index is 0.0586. The van der Waals surface area contributed by atoms with Crippen LogP contribution >= 0.6 is 0 Å². The van der Waals surface area contributed by atoms with Crippen molar-refractivity contribution < 1.29 is 9.84 Å². The van der Waals surface area contributed by atoms with Crippen LogP contribution in [0, 0.1) is 11.3 Å². The maximum absolute atomic E-state index is 9.28. The minimum atomic E-state index is -0.321. The largest absolute Gasteiger partial charge is 0.494 e. The summed E-state index contributed by atoms with van der Waals surface area (Å²) in [6, 6.07) is 9.50. The highest BCUT2D eigenvalue weighted by Crippen LogP contribution is 2.22. The molecule has 1 aromatic carbocycles. The predicted octanol–water partition coefficient (Wildman–Crippen LogP) is 1.96. The summed E-state index contributed by atoms with van der Waals surface area (Å²) in [6.07, 6.45) is 0. The van der Waals surface area contributed by atoms with Crippen LogP contribution in [-0.2, 0) is 0 Å². The van der Waals surface area contributed by atoms with E-state index >= 15 is 0 Å². The molecule has 18 heavy (non-hydrogen) atoms. The molecule has 1 rings (SSSR count). The summed E-state index contributed by atoms with van der Waals surface area (Å²) in [5, 5.41) is 18.3. The van der Waals surface area contributed by atoms with E-state index in [2.05, 4.69) is 6.07 Å². The molecule has 4 nitrogen and oxygen atoms in total. The Labute approximate surface area is 108 Å². The zero-order valence-electron chi connectivity index (χ0n) is 11.0. The van der Waals surface area contributed by atoms with Crippen molar-refractivity contribution in [1.82, 2.24) is 4.90 Å². The van der Waals surface area contributed by atoms with Gasteiger partial charge in [0.1, 0.15) is 11.8 Å². The summed E-state index contributed by atoms with van der Waals surface area (Å²) >= 11 is 0. The Kier molecular flexibility index (Phi) is 6.20. The molecule has 0 aliphatic heterocycles. The van der Waals surface area contributed by atoms with Crippen molar-refractivity contribution in [2.45, 2.75) is 19.9 Å². The van der Waals surface area contributed by atoms with Crippen molar-refractivity contribution in [2.24, 2.45) is 0 Å². The summed E-state index contributed by atoms with van der Waals surface area (Å²) in [7, 11) is 0. The van der Waals surface area contributed by atoms with E-state index in [1.165, 1.54) is 0 Å². The lowest BCUT2D eigenvalue weighted by atomic mass is 10.1. The van der Waals surface area contributed by atoms with E-state index in [0.29, 0.717) is 13.2 Å². The molecule has 0 fully saturated rings. The van der Waals surface area contributed by atoms with Crippen molar-refractivity contribution in [3.8, 4) is 11.8 Å². The maximum atomic E-state index is 9.28. The average molecular weight is 248 g/mol. The van der Waals surface area contributed by atoms with Gasteiger partial charge in [-0.1, -0.05) is 19.1 Å². The second-order valence-electron chi connectivity index (χ2n) is 3.89. The Morgan fingerprint density at radius 2 is 2.00 bits per heavy atom. The fraction of sp³-hybridized carbons (Fsp3) is 0.500. The fourth-order valence-corrected chi connectivity index (χ4v) is 1.88. The Morgan fingerprint density at radius 3 is 2.44 bits per heavy atom. The molecule has 1 unspecified atom stereocenters. The first-order valence-electron chi connectivity index (χ1n) is 6.24. The van der Waals surface area contributed by atoms with Crippen LogP contribution in [0.15, 0.2) is 24.3 Å². The van der Waals surface area contributed by atoms with Gasteiger partial charge >= 0.3 is 0 Å². The van der Waals surface area contributed by atoms with E-state index in [4.69, 9.17) is 9.84 Å². The van der Waals surface area contributed by atoms with Gasteiger partial charge in [-0.2, -0.15) is 5.26 Å². The molecule has 98 valence electrons. The van der Waals surface area contributed by atoms with Crippen LogP contribution in [0.4, 0.5) is 0 Å². The van der Waals surface area contributed by atoms with Crippen LogP contribution < -0.4 is 4.74 Å². The summed E-state index contributed by atoms with van der Waals surface area (Å²) in [6.45, 7) is 5.84. The van der Waals surface area contributed by atoms with Crippen molar-refractivity contribution >= 4 is 0 Å². The standard InChI is InChI=1S/C14H20N2O2/c1-3-16(9-10-17)14(11-15)12-5-7-13(8-6-12)18-4-2/h5-8,14,17H,3-4,9-10H2,1-2H3. The van der Waals surface area contributed by atoms with E-state index in [9.17, 15) is 5.26 Å². The fourth-order valence-electron chi connectivity index (χ4n) is 1.88. The Morgan fingerprint density at radius 1 is 1.33 bits per heavy atom. The smallest absolute Gasteiger partial charge is 0.123 e. The lowest BCUT2D eigenvalue weighted by molar-refractivity contribution is 0.180. The second kappa shape index (κ2) is 7.70. The minimum Gasteiger partial charge on any atom is -0.494 e. The number of hydrogen-bond donors (Lipinski definition) is 1. The quantitative estimate of drug-likeness (QED) is 0.801. The van der Waals surface area contributed by atoms with Crippen LogP contribution in [0.2, 0.25) is 0 Å². The van der Waals surface area contributed by atoms with Crippen molar-refractivity contribution in [1.29, 1.82) is 5.26 Å². The Balaban J connectivity index is 2.84. The lowest BCUT2D eigenvalue weighted by Crippen LogP contribution is -2.30. The first-order valence-corrected chi connectivity index (χ1v) is 6.24. The predicted molar refractivity (Wildman–Crippen MR) is 70.3 cm³/mol. The van der Waals surface area contributed by atoms with E-state index in [-0.39, 0.29) is 12.6 Å². The Hall–Kier alpha value is -1.57. The van der Waals surface area contributed by atoms with E-state index in [1.807, 2.05) is 43.0 Å². The van der Waals surface area contributed by atoms with Crippen LogP contribution in [0.5, 0.6) is 5.75 Å². The molecule has 1 aromatic rings. The summed E-state index contributed by atoms with van der Waals surface area (Å²) in [4.78, 5) is 1.94. The molecule has 0 saturated heterocycles. The molecule has 0 heterocycles. The second-order valence-corrected chi connectivity index (χ2v) is 3.89. The topological polar surface area (TPSA) is 56.5 Å². The van der Waals surface area contributed by atoms with Gasteiger partial charge in [0.05, 0.1) is 19.3 Å². The summed E-state index contributed by atoms with van der Waals surface area (Å²) < 4.78 is 5.37. The summed E-state index contributed by atoms with van der Waals surface area (Å²) in [5.74, 6) is 0.808. The molecule has 0 aromatic heterocycles. The zero-order valence-corrected chi connectivity index (χ0v) is 11.0. The SMILES string of the molecule is CCOc1ccc(C(C#N)N(CC)CCO)cc1. The van der Waals surface area contributed by atoms with Crippen molar-refractivity contribution in [3.05, 3.63) is 29.8 Å². The summed E-state index contributed by atoms with van der Waals surface area (Å²) in [5.41, 5.74) is 0.927. The van der Waals surface area contributed by atoms with Gasteiger partial charge in [-0.15, -0.1) is 0 Å². The normalized spacial score (nSPS) is 12.2. The lowest BCUT2D eigenvalue weighted by Gasteiger charge is -2.25. The number of ether oxygens (including phenoxy) is 1. The zero-order chi connectivity index (χ0) is 13.4. The first-order chi connectivity index (χ1) is 8.76. The molecule has 0 aliphatic rings. The van der Waals surface area contributed by atoms with Gasteiger partial charge in [-0.3, -0.25) is 4.90 Å². The van der Waals surface area contributed by atoms with Gasteiger partial charge in [-0.05, 0) is 31.2 Å². The number of likely N-dealkylation sites (N-methyl/N-ethyl adjacent to an activating group) is 1. The molecule has 1 atom stereocenters. The number of aliphatic hydroxyl groups excluding tert-OH is 1. The van der Waals surface area contributed by atoms with Gasteiger partial charge in [0.2, 0.25) is 0 Å². The molecule has 0 spiro atoms. The van der Waals surface area contributed by atoms with E-state index in [1.54, 1.807) is 0 Å². The molecule has 0 bridgehead atoms. The molecule has 0 saturated carbocycles. The number of nitrogens with zero attached hydrogens (tertiary/aromatic N) is 2. The van der Waals surface area contributed by atoms with Crippen LogP contribution in [0.3, 0.4) is 0 Å². The first kappa shape index (κ1) is 14.5. The van der Waals surface area contributed by atoms with Gasteiger partial charge in [0.25, 0.3) is 0 Å². The number of benzene rings is 1. The van der Waals surface area contributed by atoms with Crippen molar-refractivity contribution in [3.63, 3.8) is 0 Å².